The number of rotatable bonds is 3. The molecule has 0 bridgehead atoms. The Hall–Kier alpha value is -2.11. The average molecular weight is 282 g/mol. The number of imidazole rings is 1. The van der Waals surface area contributed by atoms with Gasteiger partial charge in [0.1, 0.15) is 11.5 Å². The fourth-order valence-corrected chi connectivity index (χ4v) is 2.15. The largest absolute Gasteiger partial charge is 0.418 e. The molecule has 3 nitrogen and oxygen atoms in total. The fourth-order valence-electron chi connectivity index (χ4n) is 2.15. The Bertz CT molecular complexity index is 644. The lowest BCUT2D eigenvalue weighted by molar-refractivity contribution is -0.137. The monoisotopic (exact) mass is 282 g/mol. The predicted molar refractivity (Wildman–Crippen MR) is 68.1 cm³/mol. The molecule has 0 N–H and O–H groups in total. The van der Waals surface area contributed by atoms with Crippen molar-refractivity contribution in [3.8, 4) is 5.69 Å². The summed E-state index contributed by atoms with van der Waals surface area (Å²) in [6.07, 6.45) is -3.47. The van der Waals surface area contributed by atoms with Crippen molar-refractivity contribution in [3.63, 3.8) is 0 Å². The van der Waals surface area contributed by atoms with E-state index in [2.05, 4.69) is 4.98 Å². The topological polar surface area (TPSA) is 34.9 Å². The highest BCUT2D eigenvalue weighted by atomic mass is 19.4. The summed E-state index contributed by atoms with van der Waals surface area (Å²) in [5, 5.41) is 0. The van der Waals surface area contributed by atoms with E-state index in [1.54, 1.807) is 13.8 Å². The average Bonchev–Trinajstić information content (AvgIpc) is 2.74. The highest BCUT2D eigenvalue weighted by molar-refractivity contribution is 5.74. The van der Waals surface area contributed by atoms with Gasteiger partial charge in [-0.1, -0.05) is 19.1 Å². The zero-order valence-corrected chi connectivity index (χ0v) is 11.0. The molecule has 0 aliphatic carbocycles. The van der Waals surface area contributed by atoms with Crippen LogP contribution >= 0.6 is 0 Å². The van der Waals surface area contributed by atoms with E-state index in [0.717, 1.165) is 6.07 Å². The summed E-state index contributed by atoms with van der Waals surface area (Å²) in [4.78, 5) is 15.0. The number of halogens is 3. The number of aldehydes is 1. The van der Waals surface area contributed by atoms with Crippen LogP contribution in [0.15, 0.2) is 24.3 Å². The van der Waals surface area contributed by atoms with E-state index >= 15 is 0 Å². The van der Waals surface area contributed by atoms with Gasteiger partial charge in [-0.2, -0.15) is 13.2 Å². The van der Waals surface area contributed by atoms with E-state index in [-0.39, 0.29) is 11.4 Å². The molecule has 0 saturated carbocycles. The van der Waals surface area contributed by atoms with E-state index < -0.39 is 11.7 Å². The third-order valence-electron chi connectivity index (χ3n) is 3.09. The minimum Gasteiger partial charge on any atom is -0.300 e. The summed E-state index contributed by atoms with van der Waals surface area (Å²) < 4.78 is 40.7. The van der Waals surface area contributed by atoms with E-state index in [9.17, 15) is 18.0 Å². The first kappa shape index (κ1) is 14.3. The summed E-state index contributed by atoms with van der Waals surface area (Å²) in [6, 6.07) is 5.27. The first-order valence-corrected chi connectivity index (χ1v) is 6.10. The second-order valence-electron chi connectivity index (χ2n) is 4.32. The van der Waals surface area contributed by atoms with Gasteiger partial charge in [-0.05, 0) is 19.1 Å². The van der Waals surface area contributed by atoms with Gasteiger partial charge in [-0.15, -0.1) is 0 Å². The molecule has 0 aliphatic rings. The number of benzene rings is 1. The fraction of sp³-hybridized carbons (Fsp3) is 0.286. The highest BCUT2D eigenvalue weighted by Crippen LogP contribution is 2.34. The molecule has 0 saturated heterocycles. The van der Waals surface area contributed by atoms with Gasteiger partial charge in [0.15, 0.2) is 6.29 Å². The van der Waals surface area contributed by atoms with Crippen LogP contribution in [0.2, 0.25) is 0 Å². The number of alkyl halides is 3. The predicted octanol–water partition coefficient (Wildman–Crippen LogP) is 3.57. The molecule has 0 aliphatic heterocycles. The summed E-state index contributed by atoms with van der Waals surface area (Å²) in [5.74, 6) is 0.432. The molecular weight excluding hydrogens is 269 g/mol. The quantitative estimate of drug-likeness (QED) is 0.807. The number of carbonyl (C=O) groups is 1. The second kappa shape index (κ2) is 5.11. The Morgan fingerprint density at radius 1 is 1.30 bits per heavy atom. The minimum absolute atomic E-state index is 0.00468. The van der Waals surface area contributed by atoms with Crippen molar-refractivity contribution in [2.45, 2.75) is 26.4 Å². The molecule has 1 aromatic heterocycles. The molecule has 0 fully saturated rings. The van der Waals surface area contributed by atoms with Crippen molar-refractivity contribution in [1.29, 1.82) is 0 Å². The number of hydrogen-bond acceptors (Lipinski definition) is 2. The van der Waals surface area contributed by atoms with Crippen LogP contribution in [0, 0.1) is 6.92 Å². The van der Waals surface area contributed by atoms with Crippen LogP contribution in [-0.2, 0) is 12.6 Å². The van der Waals surface area contributed by atoms with Crippen molar-refractivity contribution in [1.82, 2.24) is 9.55 Å². The molecule has 6 heteroatoms. The van der Waals surface area contributed by atoms with Crippen molar-refractivity contribution >= 4 is 6.29 Å². The maximum absolute atomic E-state index is 13.1. The van der Waals surface area contributed by atoms with Crippen LogP contribution in [0.4, 0.5) is 13.2 Å². The molecule has 0 spiro atoms. The number of hydrogen-bond donors (Lipinski definition) is 0. The number of nitrogens with zero attached hydrogens (tertiary/aromatic N) is 2. The molecule has 0 atom stereocenters. The molecule has 1 heterocycles. The molecule has 0 unspecified atom stereocenters. The lowest BCUT2D eigenvalue weighted by Crippen LogP contribution is -2.13. The molecular formula is C14H13F3N2O. The Morgan fingerprint density at radius 2 is 1.95 bits per heavy atom. The molecule has 2 aromatic rings. The smallest absolute Gasteiger partial charge is 0.300 e. The van der Waals surface area contributed by atoms with E-state index in [1.807, 2.05) is 0 Å². The van der Waals surface area contributed by atoms with Gasteiger partial charge in [0.2, 0.25) is 0 Å². The van der Waals surface area contributed by atoms with Gasteiger partial charge in [-0.3, -0.25) is 9.36 Å². The lowest BCUT2D eigenvalue weighted by atomic mass is 10.1. The minimum atomic E-state index is -4.46. The standard InChI is InChI=1S/C14H13F3N2O/c1-3-13-18-11(8-20)9(2)19(13)12-7-5-4-6-10(12)14(15,16)17/h4-8H,3H2,1-2H3. The lowest BCUT2D eigenvalue weighted by Gasteiger charge is -2.16. The van der Waals surface area contributed by atoms with Crippen LogP contribution < -0.4 is 0 Å². The van der Waals surface area contributed by atoms with Gasteiger partial charge >= 0.3 is 6.18 Å². The molecule has 1 aromatic carbocycles. The molecule has 0 amide bonds. The van der Waals surface area contributed by atoms with Crippen LogP contribution in [0.3, 0.4) is 0 Å². The first-order valence-electron chi connectivity index (χ1n) is 6.10. The Morgan fingerprint density at radius 3 is 2.50 bits per heavy atom. The summed E-state index contributed by atoms with van der Waals surface area (Å²) in [6.45, 7) is 3.37. The van der Waals surface area contributed by atoms with Crippen LogP contribution in [0.25, 0.3) is 5.69 Å². The van der Waals surface area contributed by atoms with E-state index in [1.165, 1.54) is 22.8 Å². The number of para-hydroxylation sites is 1. The summed E-state index contributed by atoms with van der Waals surface area (Å²) in [7, 11) is 0. The maximum Gasteiger partial charge on any atom is 0.418 e. The molecule has 106 valence electrons. The van der Waals surface area contributed by atoms with Crippen molar-refractivity contribution in [2.75, 3.05) is 0 Å². The highest BCUT2D eigenvalue weighted by Gasteiger charge is 2.34. The van der Waals surface area contributed by atoms with Crippen LogP contribution in [0.5, 0.6) is 0 Å². The number of aryl methyl sites for hydroxylation is 1. The number of carbonyl (C=O) groups excluding carboxylic acids is 1. The van der Waals surface area contributed by atoms with Gasteiger partial charge in [0.25, 0.3) is 0 Å². The summed E-state index contributed by atoms with van der Waals surface area (Å²) >= 11 is 0. The third-order valence-corrected chi connectivity index (χ3v) is 3.09. The maximum atomic E-state index is 13.1. The Kier molecular flexibility index (Phi) is 3.65. The Labute approximate surface area is 114 Å². The normalized spacial score (nSPS) is 11.7. The van der Waals surface area contributed by atoms with Gasteiger partial charge in [0, 0.05) is 6.42 Å². The van der Waals surface area contributed by atoms with Crippen molar-refractivity contribution in [3.05, 3.63) is 47.0 Å². The summed E-state index contributed by atoms with van der Waals surface area (Å²) in [5.41, 5.74) is -0.171. The SMILES string of the molecule is CCc1nc(C=O)c(C)n1-c1ccccc1C(F)(F)F. The third kappa shape index (κ3) is 2.33. The van der Waals surface area contributed by atoms with Crippen LogP contribution in [-0.4, -0.2) is 15.8 Å². The molecule has 20 heavy (non-hydrogen) atoms. The Balaban J connectivity index is 2.75. The second-order valence-corrected chi connectivity index (χ2v) is 4.32. The van der Waals surface area contributed by atoms with E-state index in [0.29, 0.717) is 24.2 Å². The van der Waals surface area contributed by atoms with Gasteiger partial charge < -0.3 is 0 Å². The molecule has 0 radical (unpaired) electrons. The number of aromatic nitrogens is 2. The molecule has 2 rings (SSSR count). The van der Waals surface area contributed by atoms with Gasteiger partial charge in [0.05, 0.1) is 16.9 Å². The van der Waals surface area contributed by atoms with Gasteiger partial charge in [-0.25, -0.2) is 4.98 Å². The zero-order valence-electron chi connectivity index (χ0n) is 11.0. The van der Waals surface area contributed by atoms with Crippen molar-refractivity contribution in [2.24, 2.45) is 0 Å². The first-order chi connectivity index (χ1) is 9.40. The van der Waals surface area contributed by atoms with E-state index in [4.69, 9.17) is 0 Å². The van der Waals surface area contributed by atoms with Crippen LogP contribution in [0.1, 0.15) is 34.5 Å². The zero-order chi connectivity index (χ0) is 14.9. The van der Waals surface area contributed by atoms with Crippen molar-refractivity contribution < 1.29 is 18.0 Å².